The lowest BCUT2D eigenvalue weighted by molar-refractivity contribution is 0.0734. The van der Waals surface area contributed by atoms with Crippen LogP contribution in [0.25, 0.3) is 22.0 Å². The fourth-order valence-corrected chi connectivity index (χ4v) is 4.82. The van der Waals surface area contributed by atoms with Crippen LogP contribution < -0.4 is 14.9 Å². The van der Waals surface area contributed by atoms with Crippen LogP contribution in [0.1, 0.15) is 33.3 Å². The first-order chi connectivity index (χ1) is 19.4. The van der Waals surface area contributed by atoms with Gasteiger partial charge in [0.1, 0.15) is 17.2 Å². The molecule has 200 valence electrons. The van der Waals surface area contributed by atoms with Gasteiger partial charge in [0.2, 0.25) is 0 Å². The van der Waals surface area contributed by atoms with Gasteiger partial charge in [0.15, 0.2) is 0 Å². The summed E-state index contributed by atoms with van der Waals surface area (Å²) in [5, 5.41) is 5.04. The average molecular weight is 661 g/mol. The fourth-order valence-electron chi connectivity index (χ4n) is 4.18. The van der Waals surface area contributed by atoms with Gasteiger partial charge in [-0.1, -0.05) is 62.2 Å². The number of halogens is 2. The Hall–Kier alpha value is -4.21. The Bertz CT molecular complexity index is 1710. The van der Waals surface area contributed by atoms with Crippen LogP contribution in [0.15, 0.2) is 105 Å². The van der Waals surface area contributed by atoms with Crippen molar-refractivity contribution in [2.24, 2.45) is 5.10 Å². The molecular formula is C31H23Br2N3O4. The Morgan fingerprint density at radius 3 is 2.42 bits per heavy atom. The molecule has 40 heavy (non-hydrogen) atoms. The second-order valence-corrected chi connectivity index (χ2v) is 10.5. The summed E-state index contributed by atoms with van der Waals surface area (Å²) in [7, 11) is 0. The van der Waals surface area contributed by atoms with Crippen molar-refractivity contribution < 1.29 is 19.1 Å². The summed E-state index contributed by atoms with van der Waals surface area (Å²) in [5.41, 5.74) is 6.30. The number of carbonyl (C=O) groups excluding carboxylic acids is 2. The molecule has 0 radical (unpaired) electrons. The van der Waals surface area contributed by atoms with E-state index in [1.807, 2.05) is 55.5 Å². The Balaban J connectivity index is 1.41. The maximum absolute atomic E-state index is 13.4. The van der Waals surface area contributed by atoms with Crippen molar-refractivity contribution in [3.63, 3.8) is 0 Å². The summed E-state index contributed by atoms with van der Waals surface area (Å²) in [6.07, 6.45) is 1.44. The minimum absolute atomic E-state index is 0.299. The van der Waals surface area contributed by atoms with Crippen molar-refractivity contribution in [2.45, 2.75) is 6.92 Å². The van der Waals surface area contributed by atoms with Gasteiger partial charge < -0.3 is 14.5 Å². The number of rotatable bonds is 8. The number of aromatic nitrogens is 1. The van der Waals surface area contributed by atoms with Crippen molar-refractivity contribution in [2.75, 3.05) is 6.61 Å². The van der Waals surface area contributed by atoms with Crippen molar-refractivity contribution in [3.8, 4) is 22.6 Å². The van der Waals surface area contributed by atoms with Crippen LogP contribution in [0.5, 0.6) is 11.5 Å². The normalized spacial score (nSPS) is 11.1. The zero-order valence-electron chi connectivity index (χ0n) is 21.3. The third-order valence-corrected chi connectivity index (χ3v) is 7.02. The molecule has 4 aromatic carbocycles. The predicted octanol–water partition coefficient (Wildman–Crippen LogP) is 7.74. The first-order valence-corrected chi connectivity index (χ1v) is 14.0. The molecule has 0 atom stereocenters. The van der Waals surface area contributed by atoms with E-state index < -0.39 is 11.9 Å². The molecule has 0 aliphatic rings. The molecule has 0 saturated carbocycles. The van der Waals surface area contributed by atoms with Gasteiger partial charge in [0, 0.05) is 31.0 Å². The summed E-state index contributed by atoms with van der Waals surface area (Å²) < 4.78 is 12.9. The van der Waals surface area contributed by atoms with E-state index in [1.54, 1.807) is 42.5 Å². The Morgan fingerprint density at radius 1 is 0.925 bits per heavy atom. The van der Waals surface area contributed by atoms with Gasteiger partial charge in [0.05, 0.1) is 18.4 Å². The van der Waals surface area contributed by atoms with Gasteiger partial charge >= 0.3 is 5.97 Å². The van der Waals surface area contributed by atoms with Crippen LogP contribution in [0.2, 0.25) is 0 Å². The third-order valence-electron chi connectivity index (χ3n) is 5.99. The number of nitrogens with one attached hydrogen (secondary N) is 2. The van der Waals surface area contributed by atoms with E-state index >= 15 is 0 Å². The molecule has 0 spiro atoms. The lowest BCUT2D eigenvalue weighted by Crippen LogP contribution is -2.19. The monoisotopic (exact) mass is 659 g/mol. The first kappa shape index (κ1) is 27.4. The average Bonchev–Trinajstić information content (AvgIpc) is 3.34. The maximum Gasteiger partial charge on any atom is 0.343 e. The SMILES string of the molecule is CCOc1ccc2[nH]c(C(=O)NN=Cc3cc(Br)ccc3OC(=O)c3ccc(Br)cc3)c(-c3ccccc3)c2c1. The van der Waals surface area contributed by atoms with Crippen molar-refractivity contribution in [1.82, 2.24) is 10.4 Å². The second kappa shape index (κ2) is 12.3. The predicted molar refractivity (Wildman–Crippen MR) is 163 cm³/mol. The molecule has 1 heterocycles. The second-order valence-electron chi connectivity index (χ2n) is 8.66. The number of hydrogen-bond donors (Lipinski definition) is 2. The standard InChI is InChI=1S/C31H23Br2N3O4/c1-2-39-24-13-14-26-25(17-24)28(19-6-4-3-5-7-19)29(35-26)30(37)36-34-18-21-16-23(33)12-15-27(21)40-31(38)20-8-10-22(32)11-9-20/h3-18,35H,2H2,1H3,(H,36,37). The summed E-state index contributed by atoms with van der Waals surface area (Å²) in [6, 6.07) is 27.4. The lowest BCUT2D eigenvalue weighted by Gasteiger charge is -2.08. The number of carbonyl (C=O) groups is 2. The number of nitrogens with zero attached hydrogens (tertiary/aromatic N) is 1. The number of hydrogen-bond acceptors (Lipinski definition) is 5. The number of ether oxygens (including phenoxy) is 2. The Morgan fingerprint density at radius 2 is 1.68 bits per heavy atom. The molecule has 0 unspecified atom stereocenters. The van der Waals surface area contributed by atoms with E-state index in [9.17, 15) is 9.59 Å². The van der Waals surface area contributed by atoms with E-state index in [0.717, 1.165) is 36.7 Å². The van der Waals surface area contributed by atoms with Crippen LogP contribution in [-0.2, 0) is 0 Å². The molecule has 1 aromatic heterocycles. The Kier molecular flexibility index (Phi) is 8.42. The zero-order chi connectivity index (χ0) is 28.1. The highest BCUT2D eigenvalue weighted by atomic mass is 79.9. The molecule has 0 saturated heterocycles. The number of benzene rings is 4. The number of fused-ring (bicyclic) bond motifs is 1. The summed E-state index contributed by atoms with van der Waals surface area (Å²) in [6.45, 7) is 2.46. The number of amides is 1. The molecule has 9 heteroatoms. The molecule has 0 aliphatic carbocycles. The fraction of sp³-hybridized carbons (Fsp3) is 0.0645. The highest BCUT2D eigenvalue weighted by Gasteiger charge is 2.20. The van der Waals surface area contributed by atoms with E-state index in [2.05, 4.69) is 47.4 Å². The third kappa shape index (κ3) is 6.16. The molecule has 0 bridgehead atoms. The number of hydrazone groups is 1. The minimum Gasteiger partial charge on any atom is -0.494 e. The van der Waals surface area contributed by atoms with Gasteiger partial charge in [-0.05, 0) is 73.2 Å². The van der Waals surface area contributed by atoms with E-state index in [4.69, 9.17) is 9.47 Å². The smallest absolute Gasteiger partial charge is 0.343 e. The van der Waals surface area contributed by atoms with E-state index in [-0.39, 0.29) is 0 Å². The molecule has 5 aromatic rings. The molecule has 2 N–H and O–H groups in total. The zero-order valence-corrected chi connectivity index (χ0v) is 24.5. The molecule has 5 rings (SSSR count). The minimum atomic E-state index is -0.509. The van der Waals surface area contributed by atoms with Crippen LogP contribution in [0, 0.1) is 0 Å². The van der Waals surface area contributed by atoms with Crippen molar-refractivity contribution >= 4 is 60.9 Å². The quantitative estimate of drug-likeness (QED) is 0.0771. The van der Waals surface area contributed by atoms with Gasteiger partial charge in [-0.15, -0.1) is 0 Å². The topological polar surface area (TPSA) is 92.8 Å². The van der Waals surface area contributed by atoms with Gasteiger partial charge in [-0.25, -0.2) is 10.2 Å². The molecule has 0 aliphatic heterocycles. The van der Waals surface area contributed by atoms with E-state index in [1.165, 1.54) is 6.21 Å². The molecule has 7 nitrogen and oxygen atoms in total. The van der Waals surface area contributed by atoms with E-state index in [0.29, 0.717) is 29.2 Å². The van der Waals surface area contributed by atoms with Crippen LogP contribution >= 0.6 is 31.9 Å². The largest absolute Gasteiger partial charge is 0.494 e. The highest BCUT2D eigenvalue weighted by molar-refractivity contribution is 9.10. The highest BCUT2D eigenvalue weighted by Crippen LogP contribution is 2.34. The van der Waals surface area contributed by atoms with Crippen molar-refractivity contribution in [1.29, 1.82) is 0 Å². The lowest BCUT2D eigenvalue weighted by atomic mass is 10.0. The Labute approximate surface area is 247 Å². The number of aromatic amines is 1. The van der Waals surface area contributed by atoms with Crippen molar-refractivity contribution in [3.05, 3.63) is 117 Å². The first-order valence-electron chi connectivity index (χ1n) is 12.4. The summed E-state index contributed by atoms with van der Waals surface area (Å²) in [5.74, 6) is 0.0855. The maximum atomic E-state index is 13.4. The van der Waals surface area contributed by atoms with Crippen LogP contribution in [0.3, 0.4) is 0 Å². The molecule has 1 amide bonds. The summed E-state index contributed by atoms with van der Waals surface area (Å²) >= 11 is 6.79. The number of H-pyrrole nitrogens is 1. The van der Waals surface area contributed by atoms with Crippen LogP contribution in [0.4, 0.5) is 0 Å². The van der Waals surface area contributed by atoms with Gasteiger partial charge in [0.25, 0.3) is 5.91 Å². The van der Waals surface area contributed by atoms with Gasteiger partial charge in [-0.2, -0.15) is 5.10 Å². The van der Waals surface area contributed by atoms with Gasteiger partial charge in [-0.3, -0.25) is 4.79 Å². The molecule has 0 fully saturated rings. The summed E-state index contributed by atoms with van der Waals surface area (Å²) in [4.78, 5) is 29.3. The number of esters is 1. The molecular weight excluding hydrogens is 638 g/mol. The van der Waals surface area contributed by atoms with Crippen LogP contribution in [-0.4, -0.2) is 29.7 Å².